The van der Waals surface area contributed by atoms with Crippen LogP contribution in [0.2, 0.25) is 0 Å². The largest absolute Gasteiger partial charge is 0.398 e. The molecule has 2 heterocycles. The van der Waals surface area contributed by atoms with E-state index in [1.54, 1.807) is 29.5 Å². The third-order valence-corrected chi connectivity index (χ3v) is 4.73. The van der Waals surface area contributed by atoms with Gasteiger partial charge >= 0.3 is 0 Å². The lowest BCUT2D eigenvalue weighted by Crippen LogP contribution is -2.39. The molecule has 0 fully saturated rings. The maximum atomic E-state index is 12.5. The predicted octanol–water partition coefficient (Wildman–Crippen LogP) is 2.87. The van der Waals surface area contributed by atoms with E-state index in [-0.39, 0.29) is 17.9 Å². The van der Waals surface area contributed by atoms with E-state index in [0.717, 1.165) is 0 Å². The van der Waals surface area contributed by atoms with Crippen LogP contribution in [-0.2, 0) is 6.42 Å². The highest BCUT2D eigenvalue weighted by Gasteiger charge is 2.39. The van der Waals surface area contributed by atoms with Gasteiger partial charge in [-0.15, -0.1) is 11.3 Å². The van der Waals surface area contributed by atoms with E-state index < -0.39 is 0 Å². The van der Waals surface area contributed by atoms with Gasteiger partial charge in [0.2, 0.25) is 0 Å². The van der Waals surface area contributed by atoms with Crippen LogP contribution < -0.4 is 5.73 Å². The second-order valence-corrected chi connectivity index (χ2v) is 6.69. The molecule has 1 aliphatic heterocycles. The minimum absolute atomic E-state index is 0.185. The Kier molecular flexibility index (Phi) is 3.29. The fourth-order valence-corrected chi connectivity index (χ4v) is 3.72. The second kappa shape index (κ2) is 5.00. The minimum atomic E-state index is -0.283. The Labute approximate surface area is 127 Å². The molecular formula is C16H16N2O2S. The summed E-state index contributed by atoms with van der Waals surface area (Å²) in [5.74, 6) is -0.531. The molecule has 0 saturated carbocycles. The number of thiophene rings is 1. The summed E-state index contributed by atoms with van der Waals surface area (Å²) in [6, 6.07) is 8.93. The van der Waals surface area contributed by atoms with Crippen molar-refractivity contribution >= 4 is 28.8 Å². The monoisotopic (exact) mass is 300 g/mol. The van der Waals surface area contributed by atoms with E-state index in [1.807, 2.05) is 26.0 Å². The number of carbonyl (C=O) groups is 2. The third-order valence-electron chi connectivity index (χ3n) is 3.71. The summed E-state index contributed by atoms with van der Waals surface area (Å²) in [5.41, 5.74) is 6.97. The Hall–Kier alpha value is -2.14. The number of fused-ring (bicyclic) bond motifs is 1. The molecule has 108 valence electrons. The Bertz CT molecular complexity index is 736. The molecule has 2 N–H and O–H groups in total. The first-order valence-corrected chi connectivity index (χ1v) is 7.62. The smallest absolute Gasteiger partial charge is 0.263 e. The van der Waals surface area contributed by atoms with Crippen molar-refractivity contribution in [3.05, 3.63) is 51.2 Å². The lowest BCUT2D eigenvalue weighted by molar-refractivity contribution is 0.0597. The van der Waals surface area contributed by atoms with E-state index in [2.05, 4.69) is 0 Å². The van der Waals surface area contributed by atoms with Gasteiger partial charge in [0.05, 0.1) is 11.1 Å². The molecule has 1 aliphatic rings. The minimum Gasteiger partial charge on any atom is -0.398 e. The van der Waals surface area contributed by atoms with Crippen LogP contribution in [0.1, 0.15) is 37.4 Å². The molecule has 21 heavy (non-hydrogen) atoms. The average Bonchev–Trinajstić information content (AvgIpc) is 2.93. The van der Waals surface area contributed by atoms with Gasteiger partial charge in [0.25, 0.3) is 11.8 Å². The molecular weight excluding hydrogens is 284 g/mol. The molecule has 1 aromatic carbocycles. The Morgan fingerprint density at radius 3 is 2.57 bits per heavy atom. The SMILES string of the molecule is Cc1ccc(CC(C)N2C(=O)c3cccc(N)c3C2=O)s1. The van der Waals surface area contributed by atoms with Crippen molar-refractivity contribution in [2.24, 2.45) is 0 Å². The molecule has 3 rings (SSSR count). The van der Waals surface area contributed by atoms with Crippen LogP contribution in [0, 0.1) is 6.92 Å². The zero-order chi connectivity index (χ0) is 15.1. The third kappa shape index (κ3) is 2.23. The number of nitrogen functional groups attached to an aromatic ring is 1. The second-order valence-electron chi connectivity index (χ2n) is 5.32. The molecule has 5 heteroatoms. The molecule has 0 aliphatic carbocycles. The van der Waals surface area contributed by atoms with Crippen molar-refractivity contribution in [1.82, 2.24) is 4.90 Å². The van der Waals surface area contributed by atoms with Crippen LogP contribution >= 0.6 is 11.3 Å². The lowest BCUT2D eigenvalue weighted by Gasteiger charge is -2.22. The maximum absolute atomic E-state index is 12.5. The zero-order valence-electron chi connectivity index (χ0n) is 11.9. The van der Waals surface area contributed by atoms with Crippen molar-refractivity contribution in [1.29, 1.82) is 0 Å². The van der Waals surface area contributed by atoms with Crippen molar-refractivity contribution < 1.29 is 9.59 Å². The van der Waals surface area contributed by atoms with Gasteiger partial charge in [0.1, 0.15) is 0 Å². The number of amides is 2. The number of hydrogen-bond acceptors (Lipinski definition) is 4. The molecule has 2 amide bonds. The summed E-state index contributed by atoms with van der Waals surface area (Å²) in [7, 11) is 0. The van der Waals surface area contributed by atoms with Crippen molar-refractivity contribution in [3.63, 3.8) is 0 Å². The molecule has 1 unspecified atom stereocenters. The van der Waals surface area contributed by atoms with Crippen LogP contribution in [0.5, 0.6) is 0 Å². The van der Waals surface area contributed by atoms with E-state index in [1.165, 1.54) is 14.7 Å². The van der Waals surface area contributed by atoms with Crippen molar-refractivity contribution in [2.75, 3.05) is 5.73 Å². The quantitative estimate of drug-likeness (QED) is 0.700. The predicted molar refractivity (Wildman–Crippen MR) is 83.6 cm³/mol. The molecule has 1 atom stereocenters. The summed E-state index contributed by atoms with van der Waals surface area (Å²) in [6.07, 6.45) is 0.671. The summed E-state index contributed by atoms with van der Waals surface area (Å²) in [6.45, 7) is 3.94. The zero-order valence-corrected chi connectivity index (χ0v) is 12.7. The van der Waals surface area contributed by atoms with Crippen molar-refractivity contribution in [3.8, 4) is 0 Å². The van der Waals surface area contributed by atoms with Gasteiger partial charge in [-0.3, -0.25) is 14.5 Å². The van der Waals surface area contributed by atoms with Gasteiger partial charge in [-0.05, 0) is 38.1 Å². The van der Waals surface area contributed by atoms with Gasteiger partial charge in [-0.2, -0.15) is 0 Å². The number of hydrogen-bond donors (Lipinski definition) is 1. The highest BCUT2D eigenvalue weighted by molar-refractivity contribution is 7.11. The Morgan fingerprint density at radius 2 is 1.95 bits per heavy atom. The molecule has 2 aromatic rings. The normalized spacial score (nSPS) is 15.4. The fourth-order valence-electron chi connectivity index (χ4n) is 2.71. The van der Waals surface area contributed by atoms with Gasteiger partial charge in [-0.1, -0.05) is 6.07 Å². The van der Waals surface area contributed by atoms with Crippen LogP contribution in [0.4, 0.5) is 5.69 Å². The Balaban J connectivity index is 1.89. The number of aryl methyl sites for hydroxylation is 1. The number of benzene rings is 1. The van der Waals surface area contributed by atoms with Gasteiger partial charge < -0.3 is 5.73 Å². The lowest BCUT2D eigenvalue weighted by atomic mass is 10.1. The molecule has 0 spiro atoms. The maximum Gasteiger partial charge on any atom is 0.263 e. The number of anilines is 1. The number of nitrogens with two attached hydrogens (primary N) is 1. The van der Waals surface area contributed by atoms with Crippen LogP contribution in [0.15, 0.2) is 30.3 Å². The van der Waals surface area contributed by atoms with E-state index in [4.69, 9.17) is 5.73 Å². The van der Waals surface area contributed by atoms with E-state index in [0.29, 0.717) is 23.2 Å². The average molecular weight is 300 g/mol. The number of imide groups is 1. The van der Waals surface area contributed by atoms with Gasteiger partial charge in [0.15, 0.2) is 0 Å². The molecule has 4 nitrogen and oxygen atoms in total. The number of rotatable bonds is 3. The standard InChI is InChI=1S/C16H16N2O2S/c1-9(8-11-7-6-10(2)21-11)18-15(19)12-4-3-5-13(17)14(12)16(18)20/h3-7,9H,8,17H2,1-2H3. The number of nitrogens with zero attached hydrogens (tertiary/aromatic N) is 1. The fraction of sp³-hybridized carbons (Fsp3) is 0.250. The highest BCUT2D eigenvalue weighted by Crippen LogP contribution is 2.30. The first kappa shape index (κ1) is 13.8. The molecule has 0 bridgehead atoms. The summed E-state index contributed by atoms with van der Waals surface area (Å²) >= 11 is 1.69. The highest BCUT2D eigenvalue weighted by atomic mass is 32.1. The Morgan fingerprint density at radius 1 is 1.19 bits per heavy atom. The van der Waals surface area contributed by atoms with Crippen LogP contribution in [0.25, 0.3) is 0 Å². The summed E-state index contributed by atoms with van der Waals surface area (Å²) in [4.78, 5) is 28.7. The van der Waals surface area contributed by atoms with E-state index >= 15 is 0 Å². The van der Waals surface area contributed by atoms with Crippen LogP contribution in [0.3, 0.4) is 0 Å². The first-order chi connectivity index (χ1) is 9.99. The topological polar surface area (TPSA) is 63.4 Å². The van der Waals surface area contributed by atoms with E-state index in [9.17, 15) is 9.59 Å². The summed E-state index contributed by atoms with van der Waals surface area (Å²) < 4.78 is 0. The van der Waals surface area contributed by atoms with Crippen LogP contribution in [-0.4, -0.2) is 22.8 Å². The van der Waals surface area contributed by atoms with Gasteiger partial charge in [0, 0.05) is 27.9 Å². The molecule has 1 aromatic heterocycles. The first-order valence-electron chi connectivity index (χ1n) is 6.80. The molecule has 0 radical (unpaired) electrons. The number of carbonyl (C=O) groups excluding carboxylic acids is 2. The summed E-state index contributed by atoms with van der Waals surface area (Å²) in [5, 5.41) is 0. The van der Waals surface area contributed by atoms with Crippen molar-refractivity contribution in [2.45, 2.75) is 26.3 Å². The van der Waals surface area contributed by atoms with Gasteiger partial charge in [-0.25, -0.2) is 0 Å². The molecule has 0 saturated heterocycles.